The number of amides is 2. The highest BCUT2D eigenvalue weighted by Crippen LogP contribution is 2.31. The fourth-order valence-corrected chi connectivity index (χ4v) is 6.29. The number of benzene rings is 2. The van der Waals surface area contributed by atoms with Crippen LogP contribution < -0.4 is 5.32 Å². The summed E-state index contributed by atoms with van der Waals surface area (Å²) in [6, 6.07) is 12.8. The largest absolute Gasteiger partial charge is 0.333 e. The average molecular weight is 444 g/mol. The van der Waals surface area contributed by atoms with Gasteiger partial charge < -0.3 is 10.2 Å². The number of sulfone groups is 1. The van der Waals surface area contributed by atoms with Gasteiger partial charge in [0.1, 0.15) is 5.01 Å². The van der Waals surface area contributed by atoms with Crippen LogP contribution in [0.15, 0.2) is 42.5 Å². The first-order chi connectivity index (χ1) is 14.2. The molecular formula is C21H21N3O4S2. The molecule has 1 N–H and O–H groups in total. The van der Waals surface area contributed by atoms with Gasteiger partial charge in [0.15, 0.2) is 9.84 Å². The maximum absolute atomic E-state index is 12.4. The molecule has 1 aromatic heterocycles. The predicted octanol–water partition coefficient (Wildman–Crippen LogP) is 2.86. The first-order valence-electron chi connectivity index (χ1n) is 9.48. The van der Waals surface area contributed by atoms with Gasteiger partial charge in [-0.05, 0) is 55.3 Å². The number of carbonyl (C=O) groups excluding carboxylic acids is 2. The average Bonchev–Trinajstić information content (AvgIpc) is 3.29. The third kappa shape index (κ3) is 4.22. The van der Waals surface area contributed by atoms with Crippen LogP contribution in [0.1, 0.15) is 12.0 Å². The summed E-state index contributed by atoms with van der Waals surface area (Å²) in [5.74, 6) is -1.59. The lowest BCUT2D eigenvalue weighted by Crippen LogP contribution is -2.43. The highest BCUT2D eigenvalue weighted by molar-refractivity contribution is 7.91. The number of nitrogens with zero attached hydrogens (tertiary/aromatic N) is 2. The molecule has 1 aliphatic heterocycles. The standard InChI is InChI=1S/C21H21N3O4S2/c1-13-3-8-17-18(11-13)29-20(23-17)14-4-6-15(7-5-14)22-19(25)21(26)24(2)16-9-10-30(27,28)12-16/h3-8,11,16H,9-10,12H2,1-2H3,(H,22,25). The second-order valence-corrected chi connectivity index (χ2v) is 10.8. The summed E-state index contributed by atoms with van der Waals surface area (Å²) >= 11 is 1.60. The Hall–Kier alpha value is -2.78. The van der Waals surface area contributed by atoms with Crippen LogP contribution in [0.25, 0.3) is 20.8 Å². The molecule has 7 nitrogen and oxygen atoms in total. The van der Waals surface area contributed by atoms with Crippen molar-refractivity contribution in [2.75, 3.05) is 23.9 Å². The van der Waals surface area contributed by atoms with Crippen molar-refractivity contribution in [3.63, 3.8) is 0 Å². The number of fused-ring (bicyclic) bond motifs is 1. The number of anilines is 1. The first-order valence-corrected chi connectivity index (χ1v) is 12.1. The molecular weight excluding hydrogens is 422 g/mol. The lowest BCUT2D eigenvalue weighted by atomic mass is 10.2. The molecule has 1 atom stereocenters. The lowest BCUT2D eigenvalue weighted by molar-refractivity contribution is -0.143. The second kappa shape index (κ2) is 7.81. The first kappa shape index (κ1) is 20.5. The van der Waals surface area contributed by atoms with Crippen LogP contribution in [-0.2, 0) is 19.4 Å². The van der Waals surface area contributed by atoms with Crippen molar-refractivity contribution >= 4 is 48.9 Å². The van der Waals surface area contributed by atoms with Crippen LogP contribution in [0.2, 0.25) is 0 Å². The summed E-state index contributed by atoms with van der Waals surface area (Å²) in [4.78, 5) is 30.5. The molecule has 3 aromatic rings. The summed E-state index contributed by atoms with van der Waals surface area (Å²) in [7, 11) is -1.67. The quantitative estimate of drug-likeness (QED) is 0.628. The van der Waals surface area contributed by atoms with Gasteiger partial charge in [0.25, 0.3) is 0 Å². The SMILES string of the molecule is Cc1ccc2nc(-c3ccc(NC(=O)C(=O)N(C)C4CCS(=O)(=O)C4)cc3)sc2c1. The molecule has 0 saturated carbocycles. The van der Waals surface area contributed by atoms with Crippen LogP contribution in [0.4, 0.5) is 5.69 Å². The van der Waals surface area contributed by atoms with Gasteiger partial charge in [-0.1, -0.05) is 6.07 Å². The lowest BCUT2D eigenvalue weighted by Gasteiger charge is -2.22. The zero-order valence-electron chi connectivity index (χ0n) is 16.6. The fourth-order valence-electron chi connectivity index (χ4n) is 3.44. The molecule has 1 unspecified atom stereocenters. The van der Waals surface area contributed by atoms with E-state index in [0.29, 0.717) is 12.1 Å². The molecule has 1 fully saturated rings. The second-order valence-electron chi connectivity index (χ2n) is 7.49. The zero-order valence-corrected chi connectivity index (χ0v) is 18.2. The molecule has 9 heteroatoms. The monoisotopic (exact) mass is 443 g/mol. The van der Waals surface area contributed by atoms with Gasteiger partial charge in [-0.15, -0.1) is 11.3 Å². The molecule has 1 aliphatic rings. The highest BCUT2D eigenvalue weighted by Gasteiger charge is 2.34. The van der Waals surface area contributed by atoms with E-state index < -0.39 is 27.7 Å². The Balaban J connectivity index is 1.43. The molecule has 4 rings (SSSR count). The van der Waals surface area contributed by atoms with E-state index in [9.17, 15) is 18.0 Å². The van der Waals surface area contributed by atoms with E-state index in [4.69, 9.17) is 0 Å². The number of rotatable bonds is 3. The van der Waals surface area contributed by atoms with Crippen molar-refractivity contribution in [3.05, 3.63) is 48.0 Å². The number of aryl methyl sites for hydroxylation is 1. The maximum Gasteiger partial charge on any atom is 0.313 e. The van der Waals surface area contributed by atoms with Gasteiger partial charge >= 0.3 is 11.8 Å². The molecule has 156 valence electrons. The minimum absolute atomic E-state index is 0.0453. The van der Waals surface area contributed by atoms with Crippen LogP contribution in [-0.4, -0.2) is 54.7 Å². The van der Waals surface area contributed by atoms with Gasteiger partial charge in [0, 0.05) is 24.3 Å². The van der Waals surface area contributed by atoms with Crippen molar-refractivity contribution in [1.29, 1.82) is 0 Å². The van der Waals surface area contributed by atoms with E-state index >= 15 is 0 Å². The van der Waals surface area contributed by atoms with Gasteiger partial charge in [-0.25, -0.2) is 13.4 Å². The normalized spacial score (nSPS) is 17.7. The van der Waals surface area contributed by atoms with E-state index in [1.165, 1.54) is 17.5 Å². The minimum atomic E-state index is -3.13. The Morgan fingerprint density at radius 2 is 1.90 bits per heavy atom. The van der Waals surface area contributed by atoms with Gasteiger partial charge in [-0.2, -0.15) is 0 Å². The summed E-state index contributed by atoms with van der Waals surface area (Å²) in [6.07, 6.45) is 0.355. The van der Waals surface area contributed by atoms with E-state index in [1.807, 2.05) is 31.2 Å². The van der Waals surface area contributed by atoms with E-state index in [2.05, 4.69) is 16.4 Å². The molecule has 2 amide bonds. The summed E-state index contributed by atoms with van der Waals surface area (Å²) in [5, 5.41) is 3.46. The van der Waals surface area contributed by atoms with E-state index in [-0.39, 0.29) is 11.5 Å². The summed E-state index contributed by atoms with van der Waals surface area (Å²) < 4.78 is 24.3. The predicted molar refractivity (Wildman–Crippen MR) is 118 cm³/mol. The Bertz CT molecular complexity index is 1230. The number of carbonyl (C=O) groups is 2. The number of likely N-dealkylation sites (N-methyl/N-ethyl adjacent to an activating group) is 1. The van der Waals surface area contributed by atoms with Crippen molar-refractivity contribution in [3.8, 4) is 10.6 Å². The molecule has 2 heterocycles. The summed E-state index contributed by atoms with van der Waals surface area (Å²) in [6.45, 7) is 2.04. The molecule has 30 heavy (non-hydrogen) atoms. The van der Waals surface area contributed by atoms with Gasteiger partial charge in [0.05, 0.1) is 21.7 Å². The van der Waals surface area contributed by atoms with Crippen LogP contribution in [0.5, 0.6) is 0 Å². The Morgan fingerprint density at radius 3 is 2.57 bits per heavy atom. The molecule has 0 bridgehead atoms. The van der Waals surface area contributed by atoms with E-state index in [0.717, 1.165) is 20.8 Å². The molecule has 2 aromatic carbocycles. The van der Waals surface area contributed by atoms with Crippen LogP contribution in [0, 0.1) is 6.92 Å². The number of hydrogen-bond donors (Lipinski definition) is 1. The number of thiazole rings is 1. The van der Waals surface area contributed by atoms with Crippen molar-refractivity contribution in [1.82, 2.24) is 9.88 Å². The fraction of sp³-hybridized carbons (Fsp3) is 0.286. The number of nitrogens with one attached hydrogen (secondary N) is 1. The molecule has 0 radical (unpaired) electrons. The Morgan fingerprint density at radius 1 is 1.17 bits per heavy atom. The van der Waals surface area contributed by atoms with Crippen LogP contribution in [0.3, 0.4) is 0 Å². The van der Waals surface area contributed by atoms with Crippen molar-refractivity contribution in [2.24, 2.45) is 0 Å². The third-order valence-corrected chi connectivity index (χ3v) is 8.02. The van der Waals surface area contributed by atoms with Gasteiger partial charge in [-0.3, -0.25) is 9.59 Å². The highest BCUT2D eigenvalue weighted by atomic mass is 32.2. The zero-order chi connectivity index (χ0) is 21.5. The number of hydrogen-bond acceptors (Lipinski definition) is 6. The van der Waals surface area contributed by atoms with Crippen LogP contribution >= 0.6 is 11.3 Å². The Labute approximate surface area is 178 Å². The Kier molecular flexibility index (Phi) is 5.33. The van der Waals surface area contributed by atoms with E-state index in [1.54, 1.807) is 23.5 Å². The smallest absolute Gasteiger partial charge is 0.313 e. The molecule has 0 aliphatic carbocycles. The minimum Gasteiger partial charge on any atom is -0.333 e. The third-order valence-electron chi connectivity index (χ3n) is 5.20. The molecule has 1 saturated heterocycles. The topological polar surface area (TPSA) is 96.4 Å². The van der Waals surface area contributed by atoms with Crippen molar-refractivity contribution in [2.45, 2.75) is 19.4 Å². The van der Waals surface area contributed by atoms with Crippen molar-refractivity contribution < 1.29 is 18.0 Å². The summed E-state index contributed by atoms with van der Waals surface area (Å²) in [5.41, 5.74) is 3.54. The molecule has 0 spiro atoms. The number of aromatic nitrogens is 1. The maximum atomic E-state index is 12.4. The van der Waals surface area contributed by atoms with Gasteiger partial charge in [0.2, 0.25) is 0 Å².